The molecule has 2 rings (SSSR count). The number of amides is 1. The minimum atomic E-state index is -0.0859. The van der Waals surface area contributed by atoms with Crippen molar-refractivity contribution in [1.29, 1.82) is 0 Å². The van der Waals surface area contributed by atoms with Gasteiger partial charge in [0.1, 0.15) is 3.53 Å². The first kappa shape index (κ1) is 14.9. The van der Waals surface area contributed by atoms with Crippen molar-refractivity contribution in [2.45, 2.75) is 37.4 Å². The summed E-state index contributed by atoms with van der Waals surface area (Å²) in [6.07, 6.45) is 6.46. The Balaban J connectivity index is 1.72. The molecule has 0 atom stereocenters. The number of thioether (sulfide) groups is 1. The van der Waals surface area contributed by atoms with E-state index in [4.69, 9.17) is 12.2 Å². The normalized spacial score (nSPS) is 16.0. The van der Waals surface area contributed by atoms with Gasteiger partial charge in [0.05, 0.1) is 0 Å². The van der Waals surface area contributed by atoms with Crippen molar-refractivity contribution in [2.75, 3.05) is 0 Å². The fraction of sp³-hybridized carbons (Fsp3) is 0.429. The Morgan fingerprint density at radius 1 is 1.16 bits per heavy atom. The number of rotatable bonds is 2. The maximum absolute atomic E-state index is 11.8. The van der Waals surface area contributed by atoms with Crippen LogP contribution in [0.1, 0.15) is 42.5 Å². The molecule has 0 saturated heterocycles. The zero-order chi connectivity index (χ0) is 13.5. The van der Waals surface area contributed by atoms with Gasteiger partial charge in [-0.25, -0.2) is 0 Å². The lowest BCUT2D eigenvalue weighted by molar-refractivity contribution is 0.0985. The van der Waals surface area contributed by atoms with E-state index in [0.29, 0.717) is 10.8 Å². The number of nitrogens with one attached hydrogen (secondary N) is 1. The summed E-state index contributed by atoms with van der Waals surface area (Å²) in [6.45, 7) is 0. The predicted octanol–water partition coefficient (Wildman–Crippen LogP) is 4.42. The Kier molecular flexibility index (Phi) is 6.20. The first-order valence-corrected chi connectivity index (χ1v) is 8.59. The summed E-state index contributed by atoms with van der Waals surface area (Å²) in [7, 11) is 0. The van der Waals surface area contributed by atoms with Gasteiger partial charge in [0.15, 0.2) is 0 Å². The molecule has 5 heteroatoms. The first-order chi connectivity index (χ1) is 9.25. The molecule has 1 N–H and O–H groups in total. The van der Waals surface area contributed by atoms with E-state index in [1.807, 2.05) is 18.2 Å². The van der Waals surface area contributed by atoms with Crippen molar-refractivity contribution in [3.63, 3.8) is 0 Å². The Hall–Kier alpha value is -0.520. The van der Waals surface area contributed by atoms with Crippen molar-refractivity contribution in [1.82, 2.24) is 4.72 Å². The van der Waals surface area contributed by atoms with Gasteiger partial charge >= 0.3 is 0 Å². The highest BCUT2D eigenvalue weighted by atomic mass is 32.2. The molecule has 0 unspecified atom stereocenters. The molecule has 2 nitrogen and oxygen atoms in total. The molecule has 102 valence electrons. The van der Waals surface area contributed by atoms with Crippen molar-refractivity contribution in [3.05, 3.63) is 35.9 Å². The van der Waals surface area contributed by atoms with Crippen LogP contribution in [-0.4, -0.2) is 14.7 Å². The second-order valence-electron chi connectivity index (χ2n) is 4.53. The second-order valence-corrected chi connectivity index (χ2v) is 7.84. The molecular formula is C14H17NOS3. The topological polar surface area (TPSA) is 29.1 Å². The predicted molar refractivity (Wildman–Crippen MR) is 88.6 cm³/mol. The highest BCUT2D eigenvalue weighted by Gasteiger charge is 2.16. The van der Waals surface area contributed by atoms with Gasteiger partial charge in [0.25, 0.3) is 5.91 Å². The van der Waals surface area contributed by atoms with Gasteiger partial charge in [0, 0.05) is 22.8 Å². The Morgan fingerprint density at radius 2 is 1.84 bits per heavy atom. The Morgan fingerprint density at radius 3 is 2.53 bits per heavy atom. The van der Waals surface area contributed by atoms with E-state index in [9.17, 15) is 4.79 Å². The van der Waals surface area contributed by atoms with Crippen molar-refractivity contribution in [3.8, 4) is 0 Å². The highest BCUT2D eigenvalue weighted by molar-refractivity contribution is 8.46. The number of carbonyl (C=O) groups excluding carboxylic acids is 1. The molecule has 1 aromatic rings. The maximum atomic E-state index is 11.8. The van der Waals surface area contributed by atoms with Crippen LogP contribution in [0.15, 0.2) is 30.3 Å². The van der Waals surface area contributed by atoms with Gasteiger partial charge in [0.2, 0.25) is 0 Å². The summed E-state index contributed by atoms with van der Waals surface area (Å²) >= 11 is 8.32. The molecule has 0 heterocycles. The molecule has 19 heavy (non-hydrogen) atoms. The monoisotopic (exact) mass is 311 g/mol. The highest BCUT2D eigenvalue weighted by Crippen LogP contribution is 2.31. The molecule has 0 radical (unpaired) electrons. The van der Waals surface area contributed by atoms with E-state index in [1.165, 1.54) is 44.1 Å². The molecule has 1 saturated carbocycles. The van der Waals surface area contributed by atoms with Gasteiger partial charge in [-0.1, -0.05) is 49.7 Å². The van der Waals surface area contributed by atoms with Gasteiger partial charge < -0.3 is 0 Å². The van der Waals surface area contributed by atoms with Crippen LogP contribution >= 0.6 is 35.9 Å². The van der Waals surface area contributed by atoms with Crippen LogP contribution in [0.3, 0.4) is 0 Å². The van der Waals surface area contributed by atoms with E-state index < -0.39 is 0 Å². The average molecular weight is 311 g/mol. The summed E-state index contributed by atoms with van der Waals surface area (Å²) in [4.78, 5) is 11.8. The number of carbonyl (C=O) groups is 1. The van der Waals surface area contributed by atoms with E-state index in [1.54, 1.807) is 23.9 Å². The van der Waals surface area contributed by atoms with Crippen LogP contribution in [0, 0.1) is 0 Å². The SMILES string of the molecule is O=C(NSC(=S)SC1CCCCC1)c1ccccc1. The second kappa shape index (κ2) is 7.92. The molecule has 1 aliphatic carbocycles. The lowest BCUT2D eigenvalue weighted by Gasteiger charge is -2.20. The maximum Gasteiger partial charge on any atom is 0.261 e. The van der Waals surface area contributed by atoms with Crippen molar-refractivity contribution in [2.24, 2.45) is 0 Å². The van der Waals surface area contributed by atoms with Crippen LogP contribution in [0.2, 0.25) is 0 Å². The van der Waals surface area contributed by atoms with Crippen LogP contribution in [0.5, 0.6) is 0 Å². The number of benzene rings is 1. The smallest absolute Gasteiger partial charge is 0.261 e. The minimum Gasteiger partial charge on any atom is -0.291 e. The molecule has 0 spiro atoms. The number of hydrogen-bond acceptors (Lipinski definition) is 4. The van der Waals surface area contributed by atoms with Crippen LogP contribution in [0.4, 0.5) is 0 Å². The average Bonchev–Trinajstić information content (AvgIpc) is 2.47. The van der Waals surface area contributed by atoms with Gasteiger partial charge in [-0.3, -0.25) is 9.52 Å². The Bertz CT molecular complexity index is 430. The summed E-state index contributed by atoms with van der Waals surface area (Å²) in [5.74, 6) is -0.0859. The van der Waals surface area contributed by atoms with Gasteiger partial charge in [-0.2, -0.15) is 0 Å². The molecule has 0 bridgehead atoms. The molecule has 1 amide bonds. The zero-order valence-electron chi connectivity index (χ0n) is 10.6. The first-order valence-electron chi connectivity index (χ1n) is 6.48. The molecule has 1 aromatic carbocycles. The summed E-state index contributed by atoms with van der Waals surface area (Å²) in [5, 5.41) is 0.641. The minimum absolute atomic E-state index is 0.0859. The third-order valence-electron chi connectivity index (χ3n) is 3.08. The fourth-order valence-electron chi connectivity index (χ4n) is 2.08. The van der Waals surface area contributed by atoms with Gasteiger partial charge in [-0.05, 0) is 25.0 Å². The number of thiocarbonyl (C=S) groups is 1. The van der Waals surface area contributed by atoms with Crippen LogP contribution in [-0.2, 0) is 0 Å². The number of hydrogen-bond donors (Lipinski definition) is 1. The lowest BCUT2D eigenvalue weighted by atomic mass is 10.0. The molecule has 0 aromatic heterocycles. The van der Waals surface area contributed by atoms with Crippen LogP contribution in [0.25, 0.3) is 0 Å². The van der Waals surface area contributed by atoms with E-state index >= 15 is 0 Å². The molecule has 1 fully saturated rings. The van der Waals surface area contributed by atoms with Crippen molar-refractivity contribution >= 4 is 45.4 Å². The van der Waals surface area contributed by atoms with Crippen molar-refractivity contribution < 1.29 is 4.79 Å². The van der Waals surface area contributed by atoms with E-state index in [2.05, 4.69) is 4.72 Å². The third-order valence-corrected chi connectivity index (χ3v) is 5.61. The summed E-state index contributed by atoms with van der Waals surface area (Å²) < 4.78 is 3.62. The quantitative estimate of drug-likeness (QED) is 0.647. The van der Waals surface area contributed by atoms with E-state index in [0.717, 1.165) is 3.53 Å². The molecule has 1 aliphatic rings. The summed E-state index contributed by atoms with van der Waals surface area (Å²) in [6, 6.07) is 9.21. The summed E-state index contributed by atoms with van der Waals surface area (Å²) in [5.41, 5.74) is 0.667. The van der Waals surface area contributed by atoms with Crippen LogP contribution < -0.4 is 4.72 Å². The standard InChI is InChI=1S/C14H17NOS3/c16-13(11-7-3-1-4-8-11)15-19-14(17)18-12-9-5-2-6-10-12/h1,3-4,7-8,12H,2,5-6,9-10H2,(H,15,16). The molecule has 0 aliphatic heterocycles. The lowest BCUT2D eigenvalue weighted by Crippen LogP contribution is -2.18. The fourth-order valence-corrected chi connectivity index (χ4v) is 4.47. The Labute approximate surface area is 128 Å². The third kappa shape index (κ3) is 5.16. The molecular weight excluding hydrogens is 294 g/mol. The van der Waals surface area contributed by atoms with E-state index in [-0.39, 0.29) is 5.91 Å². The van der Waals surface area contributed by atoms with Gasteiger partial charge in [-0.15, -0.1) is 11.8 Å². The largest absolute Gasteiger partial charge is 0.291 e. The zero-order valence-corrected chi connectivity index (χ0v) is 13.1.